The molecule has 6 heteroatoms. The van der Waals surface area contributed by atoms with Crippen LogP contribution in [0.4, 0.5) is 11.4 Å². The smallest absolute Gasteiger partial charge is 0.203 e. The Bertz CT molecular complexity index is 1550. The maximum atomic E-state index is 14.0. The van der Waals surface area contributed by atoms with Crippen molar-refractivity contribution in [3.8, 4) is 28.4 Å². The normalized spacial score (nSPS) is 18.0. The first-order valence-electron chi connectivity index (χ1n) is 13.4. The second-order valence-corrected chi connectivity index (χ2v) is 10.1. The van der Waals surface area contributed by atoms with Crippen LogP contribution in [-0.4, -0.2) is 27.1 Å². The van der Waals surface area contributed by atoms with Crippen LogP contribution in [0.15, 0.2) is 102 Å². The third kappa shape index (κ3) is 4.66. The van der Waals surface area contributed by atoms with Crippen LogP contribution in [-0.2, 0) is 4.79 Å². The Morgan fingerprint density at radius 2 is 1.30 bits per heavy atom. The summed E-state index contributed by atoms with van der Waals surface area (Å²) in [6, 6.07) is 30.5. The summed E-state index contributed by atoms with van der Waals surface area (Å²) in [5.41, 5.74) is 7.97. The molecule has 0 aromatic heterocycles. The Balaban J connectivity index is 1.40. The molecule has 2 N–H and O–H groups in total. The van der Waals surface area contributed by atoms with E-state index in [-0.39, 0.29) is 17.7 Å². The molecule has 0 amide bonds. The Morgan fingerprint density at radius 1 is 0.675 bits per heavy atom. The highest BCUT2D eigenvalue weighted by atomic mass is 16.5. The average Bonchev–Trinajstić information content (AvgIpc) is 3.18. The number of para-hydroxylation sites is 2. The van der Waals surface area contributed by atoms with Crippen LogP contribution in [0.2, 0.25) is 0 Å². The van der Waals surface area contributed by atoms with Crippen molar-refractivity contribution in [2.45, 2.75) is 24.8 Å². The van der Waals surface area contributed by atoms with Crippen molar-refractivity contribution >= 4 is 17.2 Å². The minimum absolute atomic E-state index is 0.0428. The number of benzene rings is 4. The van der Waals surface area contributed by atoms with Gasteiger partial charge in [0.2, 0.25) is 5.75 Å². The fourth-order valence-corrected chi connectivity index (χ4v) is 5.81. The summed E-state index contributed by atoms with van der Waals surface area (Å²) < 4.78 is 16.7. The van der Waals surface area contributed by atoms with Crippen LogP contribution < -0.4 is 24.8 Å². The van der Waals surface area contributed by atoms with Gasteiger partial charge in [0.15, 0.2) is 17.3 Å². The molecular formula is C34H32N2O4. The highest BCUT2D eigenvalue weighted by Crippen LogP contribution is 2.47. The number of Topliss-reactive ketones (excluding diaryl/α,β-unsaturated/α-hetero) is 1. The average molecular weight is 533 g/mol. The van der Waals surface area contributed by atoms with Crippen molar-refractivity contribution in [2.75, 3.05) is 32.0 Å². The van der Waals surface area contributed by atoms with Gasteiger partial charge in [0, 0.05) is 17.7 Å². The molecule has 0 radical (unpaired) electrons. The van der Waals surface area contributed by atoms with Gasteiger partial charge in [-0.2, -0.15) is 0 Å². The fourth-order valence-electron chi connectivity index (χ4n) is 5.81. The number of hydrogen-bond donors (Lipinski definition) is 2. The number of fused-ring (bicyclic) bond motifs is 1. The minimum Gasteiger partial charge on any atom is -0.493 e. The predicted molar refractivity (Wildman–Crippen MR) is 158 cm³/mol. The number of rotatable bonds is 6. The summed E-state index contributed by atoms with van der Waals surface area (Å²) in [6.07, 6.45) is 1.06. The van der Waals surface area contributed by atoms with E-state index in [4.69, 9.17) is 14.2 Å². The number of anilines is 2. The lowest BCUT2D eigenvalue weighted by Gasteiger charge is -2.30. The second-order valence-electron chi connectivity index (χ2n) is 10.1. The Labute approximate surface area is 234 Å². The first-order valence-corrected chi connectivity index (χ1v) is 13.4. The van der Waals surface area contributed by atoms with Gasteiger partial charge in [-0.25, -0.2) is 0 Å². The molecule has 0 bridgehead atoms. The summed E-state index contributed by atoms with van der Waals surface area (Å²) in [4.78, 5) is 14.0. The lowest BCUT2D eigenvalue weighted by atomic mass is 9.78. The number of allylic oxidation sites excluding steroid dienone is 1. The van der Waals surface area contributed by atoms with E-state index in [1.807, 2.05) is 54.6 Å². The molecule has 2 aliphatic rings. The van der Waals surface area contributed by atoms with Crippen LogP contribution in [0.1, 0.15) is 35.9 Å². The Kier molecular flexibility index (Phi) is 6.91. The molecule has 0 saturated carbocycles. The number of ketones is 1. The number of methoxy groups -OCH3 is 3. The van der Waals surface area contributed by atoms with E-state index in [0.29, 0.717) is 30.1 Å². The standard InChI is InChI=1S/C34H32N2O4/c1-38-30-19-25(20-31(39-2)34(30)40-3)24-17-28-32(29(37)18-24)33(36-27-12-8-7-11-26(27)35-28)23-15-13-22(14-16-23)21-9-5-4-6-10-21/h4-16,19-20,24,33,35-36H,17-18H2,1-3H3. The van der Waals surface area contributed by atoms with E-state index in [1.165, 1.54) is 0 Å². The number of carbonyl (C=O) groups is 1. The van der Waals surface area contributed by atoms with Crippen LogP contribution in [0.25, 0.3) is 11.1 Å². The van der Waals surface area contributed by atoms with Gasteiger partial charge < -0.3 is 24.8 Å². The monoisotopic (exact) mass is 532 g/mol. The zero-order valence-electron chi connectivity index (χ0n) is 22.9. The quantitative estimate of drug-likeness (QED) is 0.270. The van der Waals surface area contributed by atoms with Gasteiger partial charge in [-0.15, -0.1) is 0 Å². The zero-order chi connectivity index (χ0) is 27.6. The molecule has 0 spiro atoms. The van der Waals surface area contributed by atoms with E-state index in [2.05, 4.69) is 47.0 Å². The maximum Gasteiger partial charge on any atom is 0.203 e. The molecule has 0 saturated heterocycles. The number of hydrogen-bond acceptors (Lipinski definition) is 6. The highest BCUT2D eigenvalue weighted by molar-refractivity contribution is 6.01. The fraction of sp³-hybridized carbons (Fsp3) is 0.206. The first-order chi connectivity index (χ1) is 19.6. The van der Waals surface area contributed by atoms with Crippen LogP contribution in [0, 0.1) is 0 Å². The molecule has 2 unspecified atom stereocenters. The second kappa shape index (κ2) is 10.8. The molecule has 1 heterocycles. The van der Waals surface area contributed by atoms with Gasteiger partial charge in [0.05, 0.1) is 38.7 Å². The molecule has 6 rings (SSSR count). The molecule has 6 nitrogen and oxygen atoms in total. The van der Waals surface area contributed by atoms with Crippen molar-refractivity contribution in [1.29, 1.82) is 0 Å². The summed E-state index contributed by atoms with van der Waals surface area (Å²) in [7, 11) is 4.81. The van der Waals surface area contributed by atoms with Gasteiger partial charge in [-0.3, -0.25) is 4.79 Å². The molecular weight excluding hydrogens is 500 g/mol. The third-order valence-corrected chi connectivity index (χ3v) is 7.82. The lowest BCUT2D eigenvalue weighted by molar-refractivity contribution is -0.116. The maximum absolute atomic E-state index is 14.0. The van der Waals surface area contributed by atoms with E-state index in [1.54, 1.807) is 21.3 Å². The minimum atomic E-state index is -0.274. The number of carbonyl (C=O) groups excluding carboxylic acids is 1. The van der Waals surface area contributed by atoms with Gasteiger partial charge in [0.1, 0.15) is 0 Å². The topological polar surface area (TPSA) is 68.8 Å². The van der Waals surface area contributed by atoms with Crippen molar-refractivity contribution < 1.29 is 19.0 Å². The summed E-state index contributed by atoms with van der Waals surface area (Å²) in [6.45, 7) is 0. The summed E-state index contributed by atoms with van der Waals surface area (Å²) >= 11 is 0. The first kappa shape index (κ1) is 25.6. The molecule has 4 aromatic rings. The van der Waals surface area contributed by atoms with Gasteiger partial charge in [-0.1, -0.05) is 66.7 Å². The van der Waals surface area contributed by atoms with Gasteiger partial charge in [0.25, 0.3) is 0 Å². The third-order valence-electron chi connectivity index (χ3n) is 7.82. The molecule has 1 aliphatic carbocycles. The highest BCUT2D eigenvalue weighted by Gasteiger charge is 2.36. The molecule has 202 valence electrons. The molecule has 1 aliphatic heterocycles. The Hall–Kier alpha value is -4.71. The summed E-state index contributed by atoms with van der Waals surface area (Å²) in [5.74, 6) is 1.78. The molecule has 0 fully saturated rings. The molecule has 40 heavy (non-hydrogen) atoms. The van der Waals surface area contributed by atoms with Crippen LogP contribution in [0.3, 0.4) is 0 Å². The summed E-state index contributed by atoms with van der Waals surface area (Å²) in [5, 5.41) is 7.29. The van der Waals surface area contributed by atoms with E-state index in [0.717, 1.165) is 44.9 Å². The Morgan fingerprint density at radius 3 is 1.95 bits per heavy atom. The van der Waals surface area contributed by atoms with Crippen LogP contribution >= 0.6 is 0 Å². The SMILES string of the molecule is COc1cc(C2CC(=O)C3=C(C2)Nc2ccccc2NC3c2ccc(-c3ccccc3)cc2)cc(OC)c1OC. The number of nitrogens with one attached hydrogen (secondary N) is 2. The van der Waals surface area contributed by atoms with Crippen LogP contribution in [0.5, 0.6) is 17.2 Å². The van der Waals surface area contributed by atoms with Crippen molar-refractivity contribution in [3.63, 3.8) is 0 Å². The van der Waals surface area contributed by atoms with Crippen molar-refractivity contribution in [2.24, 2.45) is 0 Å². The van der Waals surface area contributed by atoms with Crippen molar-refractivity contribution in [3.05, 3.63) is 113 Å². The van der Waals surface area contributed by atoms with E-state index >= 15 is 0 Å². The predicted octanol–water partition coefficient (Wildman–Crippen LogP) is 7.36. The number of ether oxygens (including phenoxy) is 3. The lowest BCUT2D eigenvalue weighted by Crippen LogP contribution is -2.27. The van der Waals surface area contributed by atoms with Gasteiger partial charge in [-0.05, 0) is 58.9 Å². The zero-order valence-corrected chi connectivity index (χ0v) is 22.9. The van der Waals surface area contributed by atoms with Crippen molar-refractivity contribution in [1.82, 2.24) is 0 Å². The molecule has 2 atom stereocenters. The van der Waals surface area contributed by atoms with E-state index in [9.17, 15) is 4.79 Å². The van der Waals surface area contributed by atoms with E-state index < -0.39 is 0 Å². The largest absolute Gasteiger partial charge is 0.493 e. The molecule has 4 aromatic carbocycles. The van der Waals surface area contributed by atoms with Gasteiger partial charge >= 0.3 is 0 Å².